The summed E-state index contributed by atoms with van der Waals surface area (Å²) in [5, 5.41) is 8.62. The van der Waals surface area contributed by atoms with Crippen LogP contribution < -0.4 is 0 Å². The van der Waals surface area contributed by atoms with E-state index in [2.05, 4.69) is 4.90 Å². The van der Waals surface area contributed by atoms with E-state index in [9.17, 15) is 13.2 Å². The van der Waals surface area contributed by atoms with Crippen LogP contribution in [0, 0.1) is 0 Å². The van der Waals surface area contributed by atoms with E-state index >= 15 is 0 Å². The van der Waals surface area contributed by atoms with Gasteiger partial charge in [0.05, 0.1) is 11.5 Å². The summed E-state index contributed by atoms with van der Waals surface area (Å²) in [6, 6.07) is 0.201. The summed E-state index contributed by atoms with van der Waals surface area (Å²) in [6.45, 7) is 3.09. The second-order valence-electron chi connectivity index (χ2n) is 4.18. The first kappa shape index (κ1) is 13.4. The van der Waals surface area contributed by atoms with E-state index in [1.165, 1.54) is 0 Å². The van der Waals surface area contributed by atoms with E-state index in [-0.39, 0.29) is 24.0 Å². The maximum Gasteiger partial charge on any atom is 0.303 e. The number of aliphatic carboxylic acids is 1. The fourth-order valence-corrected chi connectivity index (χ4v) is 3.26. The van der Waals surface area contributed by atoms with E-state index in [0.717, 1.165) is 6.42 Å². The third-order valence-corrected chi connectivity index (χ3v) is 4.67. The molecule has 1 atom stereocenters. The maximum atomic E-state index is 11.3. The Kier molecular flexibility index (Phi) is 4.73. The number of carboxylic acid groups (broad SMARTS) is 1. The molecule has 0 amide bonds. The van der Waals surface area contributed by atoms with Crippen LogP contribution in [0.1, 0.15) is 26.2 Å². The van der Waals surface area contributed by atoms with E-state index < -0.39 is 15.8 Å². The lowest BCUT2D eigenvalue weighted by Crippen LogP contribution is -2.46. The lowest BCUT2D eigenvalue weighted by molar-refractivity contribution is -0.137. The third kappa shape index (κ3) is 4.09. The van der Waals surface area contributed by atoms with Crippen molar-refractivity contribution in [3.05, 3.63) is 0 Å². The average molecular weight is 249 g/mol. The molecule has 16 heavy (non-hydrogen) atoms. The average Bonchev–Trinajstić information content (AvgIpc) is 2.20. The molecule has 94 valence electrons. The number of sulfone groups is 1. The SMILES string of the molecule is CCC(CCC(=O)O)N1CCS(=O)(=O)CC1. The van der Waals surface area contributed by atoms with Crippen LogP contribution in [0.4, 0.5) is 0 Å². The maximum absolute atomic E-state index is 11.3. The number of nitrogens with zero attached hydrogens (tertiary/aromatic N) is 1. The zero-order chi connectivity index (χ0) is 12.2. The number of hydrogen-bond acceptors (Lipinski definition) is 4. The standard InChI is InChI=1S/C10H19NO4S/c1-2-9(3-4-10(12)13)11-5-7-16(14,15)8-6-11/h9H,2-8H2,1H3,(H,12,13). The number of hydrogen-bond donors (Lipinski definition) is 1. The zero-order valence-electron chi connectivity index (χ0n) is 9.55. The first-order valence-corrected chi connectivity index (χ1v) is 7.43. The van der Waals surface area contributed by atoms with Crippen LogP contribution in [0.2, 0.25) is 0 Å². The first-order valence-electron chi connectivity index (χ1n) is 5.61. The molecular formula is C10H19NO4S. The molecule has 0 spiro atoms. The van der Waals surface area contributed by atoms with Crippen molar-refractivity contribution >= 4 is 15.8 Å². The number of carboxylic acids is 1. The fraction of sp³-hybridized carbons (Fsp3) is 0.900. The van der Waals surface area contributed by atoms with Gasteiger partial charge in [-0.3, -0.25) is 9.69 Å². The van der Waals surface area contributed by atoms with Crippen LogP contribution in [0.5, 0.6) is 0 Å². The molecule has 1 heterocycles. The summed E-state index contributed by atoms with van der Waals surface area (Å²) >= 11 is 0. The predicted octanol–water partition coefficient (Wildman–Crippen LogP) is 0.360. The largest absolute Gasteiger partial charge is 0.481 e. The van der Waals surface area contributed by atoms with E-state index in [1.54, 1.807) is 0 Å². The lowest BCUT2D eigenvalue weighted by Gasteiger charge is -2.33. The van der Waals surface area contributed by atoms with Crippen molar-refractivity contribution in [3.8, 4) is 0 Å². The summed E-state index contributed by atoms with van der Waals surface area (Å²) in [7, 11) is -2.85. The van der Waals surface area contributed by atoms with E-state index in [0.29, 0.717) is 19.5 Å². The first-order chi connectivity index (χ1) is 7.44. The molecule has 0 aromatic carbocycles. The molecule has 1 aliphatic heterocycles. The van der Waals surface area contributed by atoms with Crippen LogP contribution in [0.3, 0.4) is 0 Å². The van der Waals surface area contributed by atoms with E-state index in [1.807, 2.05) is 6.92 Å². The van der Waals surface area contributed by atoms with Crippen LogP contribution >= 0.6 is 0 Å². The van der Waals surface area contributed by atoms with Gasteiger partial charge in [-0.25, -0.2) is 8.42 Å². The molecule has 1 aliphatic rings. The quantitative estimate of drug-likeness (QED) is 0.761. The topological polar surface area (TPSA) is 74.7 Å². The van der Waals surface area contributed by atoms with Gasteiger partial charge in [-0.15, -0.1) is 0 Å². The molecule has 0 radical (unpaired) electrons. The monoisotopic (exact) mass is 249 g/mol. The van der Waals surface area contributed by atoms with Crippen molar-refractivity contribution < 1.29 is 18.3 Å². The number of carbonyl (C=O) groups is 1. The van der Waals surface area contributed by atoms with Gasteiger partial charge in [0, 0.05) is 25.6 Å². The van der Waals surface area contributed by atoms with Gasteiger partial charge in [-0.1, -0.05) is 6.92 Å². The molecule has 1 saturated heterocycles. The summed E-state index contributed by atoms with van der Waals surface area (Å²) < 4.78 is 22.5. The molecular weight excluding hydrogens is 230 g/mol. The normalized spacial score (nSPS) is 22.8. The van der Waals surface area contributed by atoms with E-state index in [4.69, 9.17) is 5.11 Å². The molecule has 1 rings (SSSR count). The Balaban J connectivity index is 2.45. The van der Waals surface area contributed by atoms with Gasteiger partial charge in [0.15, 0.2) is 9.84 Å². The molecule has 0 bridgehead atoms. The Morgan fingerprint density at radius 1 is 1.38 bits per heavy atom. The van der Waals surface area contributed by atoms with Gasteiger partial charge in [0.2, 0.25) is 0 Å². The highest BCUT2D eigenvalue weighted by Crippen LogP contribution is 2.14. The molecule has 1 N–H and O–H groups in total. The van der Waals surface area contributed by atoms with Crippen molar-refractivity contribution in [1.82, 2.24) is 4.90 Å². The Morgan fingerprint density at radius 2 is 1.94 bits per heavy atom. The summed E-state index contributed by atoms with van der Waals surface area (Å²) in [6.07, 6.45) is 1.63. The van der Waals surface area contributed by atoms with Crippen molar-refractivity contribution in [3.63, 3.8) is 0 Å². The molecule has 0 saturated carbocycles. The Bertz CT molecular complexity index is 325. The molecule has 1 fully saturated rings. The highest BCUT2D eigenvalue weighted by molar-refractivity contribution is 7.91. The lowest BCUT2D eigenvalue weighted by atomic mass is 10.1. The van der Waals surface area contributed by atoms with Crippen molar-refractivity contribution in [1.29, 1.82) is 0 Å². The molecule has 5 nitrogen and oxygen atoms in total. The molecule has 6 heteroatoms. The molecule has 0 aromatic heterocycles. The Hall–Kier alpha value is -0.620. The van der Waals surface area contributed by atoms with Gasteiger partial charge >= 0.3 is 5.97 Å². The van der Waals surface area contributed by atoms with Gasteiger partial charge in [-0.2, -0.15) is 0 Å². The van der Waals surface area contributed by atoms with Crippen LogP contribution in [0.25, 0.3) is 0 Å². The second kappa shape index (κ2) is 5.63. The van der Waals surface area contributed by atoms with Crippen LogP contribution in [-0.4, -0.2) is 55.0 Å². The number of rotatable bonds is 5. The van der Waals surface area contributed by atoms with Crippen molar-refractivity contribution in [2.75, 3.05) is 24.6 Å². The van der Waals surface area contributed by atoms with Crippen molar-refractivity contribution in [2.24, 2.45) is 0 Å². The fourth-order valence-electron chi connectivity index (χ4n) is 2.03. The van der Waals surface area contributed by atoms with Crippen LogP contribution in [-0.2, 0) is 14.6 Å². The third-order valence-electron chi connectivity index (χ3n) is 3.06. The highest BCUT2D eigenvalue weighted by Gasteiger charge is 2.26. The minimum atomic E-state index is -2.85. The van der Waals surface area contributed by atoms with Crippen molar-refractivity contribution in [2.45, 2.75) is 32.2 Å². The smallest absolute Gasteiger partial charge is 0.303 e. The summed E-state index contributed by atoms with van der Waals surface area (Å²) in [4.78, 5) is 12.6. The minimum absolute atomic E-state index is 0.155. The van der Waals surface area contributed by atoms with Gasteiger partial charge in [-0.05, 0) is 12.8 Å². The predicted molar refractivity (Wildman–Crippen MR) is 61.2 cm³/mol. The highest BCUT2D eigenvalue weighted by atomic mass is 32.2. The second-order valence-corrected chi connectivity index (χ2v) is 6.49. The van der Waals surface area contributed by atoms with Gasteiger partial charge in [0.25, 0.3) is 0 Å². The van der Waals surface area contributed by atoms with Gasteiger partial charge < -0.3 is 5.11 Å². The zero-order valence-corrected chi connectivity index (χ0v) is 10.4. The molecule has 0 aliphatic carbocycles. The molecule has 0 aromatic rings. The summed E-state index contributed by atoms with van der Waals surface area (Å²) in [5.74, 6) is -0.379. The Labute approximate surface area is 96.4 Å². The minimum Gasteiger partial charge on any atom is -0.481 e. The van der Waals surface area contributed by atoms with Gasteiger partial charge in [0.1, 0.15) is 0 Å². The Morgan fingerprint density at radius 3 is 2.38 bits per heavy atom. The summed E-state index contributed by atoms with van der Waals surface area (Å²) in [5.41, 5.74) is 0. The molecule has 1 unspecified atom stereocenters. The van der Waals surface area contributed by atoms with Crippen LogP contribution in [0.15, 0.2) is 0 Å².